The zero-order valence-corrected chi connectivity index (χ0v) is 22.8. The molecule has 0 unspecified atom stereocenters. The van der Waals surface area contributed by atoms with Crippen LogP contribution in [0, 0.1) is 0 Å². The predicted molar refractivity (Wildman–Crippen MR) is 149 cm³/mol. The summed E-state index contributed by atoms with van der Waals surface area (Å²) < 4.78 is 35.3. The van der Waals surface area contributed by atoms with Crippen molar-refractivity contribution in [3.63, 3.8) is 0 Å². The van der Waals surface area contributed by atoms with E-state index in [-0.39, 0.29) is 12.8 Å². The molecule has 0 radical (unpaired) electrons. The molecular formula is C32H29NO7. The highest BCUT2D eigenvalue weighted by atomic mass is 16.7. The van der Waals surface area contributed by atoms with Gasteiger partial charge in [-0.25, -0.2) is 4.79 Å². The van der Waals surface area contributed by atoms with Crippen LogP contribution in [0.5, 0.6) is 28.7 Å². The van der Waals surface area contributed by atoms with Gasteiger partial charge in [-0.3, -0.25) is 4.90 Å². The van der Waals surface area contributed by atoms with Gasteiger partial charge in [0, 0.05) is 23.2 Å². The first-order valence-electron chi connectivity index (χ1n) is 13.2. The maximum absolute atomic E-state index is 13.3. The van der Waals surface area contributed by atoms with E-state index >= 15 is 0 Å². The van der Waals surface area contributed by atoms with Crippen LogP contribution in [0.15, 0.2) is 54.6 Å². The second kappa shape index (κ2) is 9.34. The number of nitrogens with zero attached hydrogens (tertiary/aromatic N) is 1. The van der Waals surface area contributed by atoms with Crippen LogP contribution < -0.4 is 23.7 Å². The van der Waals surface area contributed by atoms with Crippen molar-refractivity contribution in [3.8, 4) is 39.9 Å². The normalized spacial score (nSPS) is 19.2. The van der Waals surface area contributed by atoms with Crippen LogP contribution >= 0.6 is 0 Å². The van der Waals surface area contributed by atoms with Gasteiger partial charge >= 0.3 is 5.97 Å². The first-order valence-corrected chi connectivity index (χ1v) is 13.2. The van der Waals surface area contributed by atoms with Crippen LogP contribution in [-0.4, -0.2) is 52.6 Å². The van der Waals surface area contributed by atoms with Gasteiger partial charge in [0.2, 0.25) is 12.5 Å². The molecule has 3 aliphatic rings. The lowest BCUT2D eigenvalue weighted by molar-refractivity contribution is 0.00877. The number of fused-ring (bicyclic) bond motifs is 4. The Balaban J connectivity index is 1.47. The fourth-order valence-corrected chi connectivity index (χ4v) is 6.48. The van der Waals surface area contributed by atoms with E-state index in [0.717, 1.165) is 46.2 Å². The predicted octanol–water partition coefficient (Wildman–Crippen LogP) is 5.70. The SMILES string of the molecule is COc1ccc2c(c1OC)C(=O)O[C@@H]2[C@H]1c2c(c(-c3ccc4ccccc4c3)c3c(c2OC)OCO3)CCN1C. The summed E-state index contributed by atoms with van der Waals surface area (Å²) in [5.41, 5.74) is 5.21. The van der Waals surface area contributed by atoms with Gasteiger partial charge in [-0.2, -0.15) is 0 Å². The van der Waals surface area contributed by atoms with E-state index in [0.29, 0.717) is 34.3 Å². The van der Waals surface area contributed by atoms with Gasteiger partial charge in [0.15, 0.2) is 23.0 Å². The number of rotatable bonds is 5. The lowest BCUT2D eigenvalue weighted by atomic mass is 9.81. The summed E-state index contributed by atoms with van der Waals surface area (Å²) >= 11 is 0. The Hall–Kier alpha value is -4.43. The lowest BCUT2D eigenvalue weighted by Crippen LogP contribution is -2.36. The highest BCUT2D eigenvalue weighted by Gasteiger charge is 2.47. The molecule has 204 valence electrons. The summed E-state index contributed by atoms with van der Waals surface area (Å²) in [5.74, 6) is 2.28. The zero-order valence-electron chi connectivity index (χ0n) is 22.8. The molecule has 0 saturated carbocycles. The maximum Gasteiger partial charge on any atom is 0.343 e. The topological polar surface area (TPSA) is 75.7 Å². The number of esters is 1. The van der Waals surface area contributed by atoms with Crippen LogP contribution in [-0.2, 0) is 11.2 Å². The molecule has 8 nitrogen and oxygen atoms in total. The molecule has 0 fully saturated rings. The average Bonchev–Trinajstić information content (AvgIpc) is 3.59. The summed E-state index contributed by atoms with van der Waals surface area (Å²) in [4.78, 5) is 15.5. The molecule has 8 heteroatoms. The monoisotopic (exact) mass is 539 g/mol. The number of hydrogen-bond acceptors (Lipinski definition) is 8. The molecule has 0 bridgehead atoms. The number of carbonyl (C=O) groups is 1. The van der Waals surface area contributed by atoms with Gasteiger partial charge in [0.05, 0.1) is 27.4 Å². The number of likely N-dealkylation sites (N-methyl/N-ethyl adjacent to an activating group) is 1. The van der Waals surface area contributed by atoms with Crippen molar-refractivity contribution in [2.45, 2.75) is 18.6 Å². The van der Waals surface area contributed by atoms with Crippen molar-refractivity contribution >= 4 is 16.7 Å². The molecular weight excluding hydrogens is 510 g/mol. The molecule has 4 aromatic carbocycles. The number of benzene rings is 4. The van der Waals surface area contributed by atoms with Crippen molar-refractivity contribution in [2.75, 3.05) is 41.7 Å². The van der Waals surface area contributed by atoms with Crippen molar-refractivity contribution in [1.29, 1.82) is 0 Å². The third-order valence-corrected chi connectivity index (χ3v) is 8.25. The van der Waals surface area contributed by atoms with Crippen LogP contribution in [0.1, 0.15) is 39.2 Å². The smallest absolute Gasteiger partial charge is 0.343 e. The molecule has 2 atom stereocenters. The van der Waals surface area contributed by atoms with E-state index in [1.807, 2.05) is 31.3 Å². The third kappa shape index (κ3) is 3.45. The Morgan fingerprint density at radius 1 is 0.850 bits per heavy atom. The van der Waals surface area contributed by atoms with E-state index < -0.39 is 12.1 Å². The number of methoxy groups -OCH3 is 3. The molecule has 3 heterocycles. The zero-order chi connectivity index (χ0) is 27.5. The van der Waals surface area contributed by atoms with Crippen molar-refractivity contribution in [2.24, 2.45) is 0 Å². The molecule has 4 aromatic rings. The second-order valence-corrected chi connectivity index (χ2v) is 10.2. The Labute approximate surface area is 231 Å². The van der Waals surface area contributed by atoms with Gasteiger partial charge in [-0.15, -0.1) is 0 Å². The molecule has 0 spiro atoms. The number of hydrogen-bond donors (Lipinski definition) is 0. The van der Waals surface area contributed by atoms with E-state index in [1.54, 1.807) is 14.2 Å². The van der Waals surface area contributed by atoms with Gasteiger partial charge in [0.1, 0.15) is 11.7 Å². The summed E-state index contributed by atoms with van der Waals surface area (Å²) in [7, 11) is 6.76. The fraction of sp³-hybridized carbons (Fsp3) is 0.281. The summed E-state index contributed by atoms with van der Waals surface area (Å²) in [6.07, 6.45) is 0.168. The minimum atomic E-state index is -0.593. The number of ether oxygens (including phenoxy) is 6. The van der Waals surface area contributed by atoms with E-state index in [1.165, 1.54) is 12.5 Å². The molecule has 40 heavy (non-hydrogen) atoms. The molecule has 0 saturated heterocycles. The highest BCUT2D eigenvalue weighted by Crippen LogP contribution is 2.59. The molecule has 0 N–H and O–H groups in total. The fourth-order valence-electron chi connectivity index (χ4n) is 6.48. The van der Waals surface area contributed by atoms with Gasteiger partial charge < -0.3 is 28.4 Å². The van der Waals surface area contributed by atoms with Gasteiger partial charge in [0.25, 0.3) is 0 Å². The molecule has 0 aromatic heterocycles. The minimum absolute atomic E-state index is 0.105. The summed E-state index contributed by atoms with van der Waals surface area (Å²) in [6, 6.07) is 18.1. The van der Waals surface area contributed by atoms with E-state index in [9.17, 15) is 4.79 Å². The number of carbonyl (C=O) groups excluding carboxylic acids is 1. The molecule has 3 aliphatic heterocycles. The largest absolute Gasteiger partial charge is 0.493 e. The second-order valence-electron chi connectivity index (χ2n) is 10.2. The van der Waals surface area contributed by atoms with Crippen molar-refractivity contribution in [3.05, 3.63) is 76.9 Å². The average molecular weight is 540 g/mol. The van der Waals surface area contributed by atoms with Crippen LogP contribution in [0.4, 0.5) is 0 Å². The van der Waals surface area contributed by atoms with E-state index in [4.69, 9.17) is 28.4 Å². The Bertz CT molecular complexity index is 1680. The van der Waals surface area contributed by atoms with Crippen LogP contribution in [0.25, 0.3) is 21.9 Å². The van der Waals surface area contributed by atoms with Gasteiger partial charge in [-0.1, -0.05) is 42.5 Å². The van der Waals surface area contributed by atoms with Gasteiger partial charge in [-0.05, 0) is 47.5 Å². The first-order chi connectivity index (χ1) is 19.5. The Kier molecular flexibility index (Phi) is 5.75. The summed E-state index contributed by atoms with van der Waals surface area (Å²) in [5, 5.41) is 2.31. The van der Waals surface area contributed by atoms with Crippen LogP contribution in [0.3, 0.4) is 0 Å². The van der Waals surface area contributed by atoms with E-state index in [2.05, 4.69) is 35.2 Å². The van der Waals surface area contributed by atoms with Crippen molar-refractivity contribution in [1.82, 2.24) is 4.90 Å². The number of cyclic esters (lactones) is 1. The highest BCUT2D eigenvalue weighted by molar-refractivity contribution is 5.98. The maximum atomic E-state index is 13.3. The van der Waals surface area contributed by atoms with Crippen molar-refractivity contribution < 1.29 is 33.2 Å². The molecule has 0 aliphatic carbocycles. The lowest BCUT2D eigenvalue weighted by Gasteiger charge is -2.39. The quantitative estimate of drug-likeness (QED) is 0.299. The molecule has 7 rings (SSSR count). The first kappa shape index (κ1) is 24.6. The Morgan fingerprint density at radius 2 is 1.62 bits per heavy atom. The molecule has 0 amide bonds. The standard InChI is InChI=1S/C32H29NO7/c1-33-14-13-20-23(19-10-9-17-7-5-6-8-18(17)15-19)30-31(39-16-38-30)29(37-4)24(20)26(33)27-21-11-12-22(35-2)28(36-3)25(21)32(34)40-27/h5-12,15,26-27H,13-14,16H2,1-4H3/t26-,27+/m1/s1. The summed E-state index contributed by atoms with van der Waals surface area (Å²) in [6.45, 7) is 0.853. The van der Waals surface area contributed by atoms with Crippen LogP contribution in [0.2, 0.25) is 0 Å². The Morgan fingerprint density at radius 3 is 2.40 bits per heavy atom. The third-order valence-electron chi connectivity index (χ3n) is 8.25. The minimum Gasteiger partial charge on any atom is -0.493 e.